The third-order valence-corrected chi connectivity index (χ3v) is 3.16. The molecule has 17 heavy (non-hydrogen) atoms. The fourth-order valence-corrected chi connectivity index (χ4v) is 2.10. The molecule has 0 bridgehead atoms. The van der Waals surface area contributed by atoms with Crippen LogP contribution in [0.4, 0.5) is 0 Å². The molecule has 1 atom stereocenters. The number of carbonyl (C=O) groups is 1. The van der Waals surface area contributed by atoms with E-state index in [0.29, 0.717) is 6.42 Å². The van der Waals surface area contributed by atoms with Crippen LogP contribution in [-0.2, 0) is 4.79 Å². The highest BCUT2D eigenvalue weighted by Crippen LogP contribution is 2.07. The van der Waals surface area contributed by atoms with Gasteiger partial charge in [-0.05, 0) is 19.8 Å². The molecular weight excluding hydrogens is 214 g/mol. The Kier molecular flexibility index (Phi) is 6.22. The number of carbonyl (C=O) groups excluding carboxylic acids is 1. The summed E-state index contributed by atoms with van der Waals surface area (Å²) in [6, 6.07) is 0.201. The van der Waals surface area contributed by atoms with Gasteiger partial charge in [0.05, 0.1) is 0 Å². The molecule has 0 aliphatic carbocycles. The van der Waals surface area contributed by atoms with E-state index < -0.39 is 0 Å². The van der Waals surface area contributed by atoms with Gasteiger partial charge in [0, 0.05) is 45.2 Å². The van der Waals surface area contributed by atoms with Gasteiger partial charge < -0.3 is 10.6 Å². The van der Waals surface area contributed by atoms with Crippen LogP contribution in [0.3, 0.4) is 0 Å². The largest absolute Gasteiger partial charge is 0.340 e. The number of nitrogens with two attached hydrogens (primary N) is 1. The Morgan fingerprint density at radius 1 is 1.41 bits per heavy atom. The molecule has 1 aliphatic rings. The highest BCUT2D eigenvalue weighted by Gasteiger charge is 2.19. The van der Waals surface area contributed by atoms with Crippen molar-refractivity contribution in [1.82, 2.24) is 9.80 Å². The van der Waals surface area contributed by atoms with Crippen molar-refractivity contribution in [3.8, 4) is 0 Å². The maximum absolute atomic E-state index is 11.9. The zero-order valence-corrected chi connectivity index (χ0v) is 10.9. The standard InChI is InChI=1S/C13H25N3O/c1-3-7-15-8-10-16(11-9-15)13(17)6-4-5-12(2)14/h3,12H,1,4-11,14H2,2H3. The molecule has 1 fully saturated rings. The molecule has 1 aliphatic heterocycles. The third-order valence-electron chi connectivity index (χ3n) is 3.16. The number of piperazine rings is 1. The second-order valence-electron chi connectivity index (χ2n) is 4.84. The molecule has 2 N–H and O–H groups in total. The van der Waals surface area contributed by atoms with Crippen LogP contribution in [0, 0.1) is 0 Å². The van der Waals surface area contributed by atoms with Gasteiger partial charge in [0.1, 0.15) is 0 Å². The quantitative estimate of drug-likeness (QED) is 0.699. The summed E-state index contributed by atoms with van der Waals surface area (Å²) in [5, 5.41) is 0. The van der Waals surface area contributed by atoms with Crippen molar-refractivity contribution in [2.45, 2.75) is 32.2 Å². The van der Waals surface area contributed by atoms with E-state index in [2.05, 4.69) is 11.5 Å². The van der Waals surface area contributed by atoms with Crippen molar-refractivity contribution in [2.24, 2.45) is 5.73 Å². The van der Waals surface area contributed by atoms with Gasteiger partial charge in [0.2, 0.25) is 5.91 Å². The van der Waals surface area contributed by atoms with Crippen LogP contribution in [0.5, 0.6) is 0 Å². The van der Waals surface area contributed by atoms with E-state index in [0.717, 1.165) is 45.6 Å². The van der Waals surface area contributed by atoms with E-state index in [1.54, 1.807) is 0 Å². The van der Waals surface area contributed by atoms with Gasteiger partial charge in [-0.3, -0.25) is 9.69 Å². The number of amides is 1. The van der Waals surface area contributed by atoms with E-state index in [4.69, 9.17) is 5.73 Å². The van der Waals surface area contributed by atoms with E-state index in [1.165, 1.54) is 0 Å². The molecule has 0 radical (unpaired) electrons. The van der Waals surface area contributed by atoms with Gasteiger partial charge in [-0.2, -0.15) is 0 Å². The first-order chi connectivity index (χ1) is 8.13. The molecule has 0 spiro atoms. The molecule has 1 unspecified atom stereocenters. The van der Waals surface area contributed by atoms with Crippen molar-refractivity contribution in [3.63, 3.8) is 0 Å². The summed E-state index contributed by atoms with van der Waals surface area (Å²) in [5.74, 6) is 0.281. The van der Waals surface area contributed by atoms with Crippen molar-refractivity contribution in [2.75, 3.05) is 32.7 Å². The van der Waals surface area contributed by atoms with E-state index in [-0.39, 0.29) is 11.9 Å². The van der Waals surface area contributed by atoms with Crippen LogP contribution in [0.25, 0.3) is 0 Å². The molecule has 1 heterocycles. The Bertz CT molecular complexity index is 245. The minimum atomic E-state index is 0.201. The highest BCUT2D eigenvalue weighted by molar-refractivity contribution is 5.76. The summed E-state index contributed by atoms with van der Waals surface area (Å²) in [5.41, 5.74) is 5.67. The second kappa shape index (κ2) is 7.45. The highest BCUT2D eigenvalue weighted by atomic mass is 16.2. The number of hydrogen-bond donors (Lipinski definition) is 1. The van der Waals surface area contributed by atoms with Crippen molar-refractivity contribution < 1.29 is 4.79 Å². The van der Waals surface area contributed by atoms with Gasteiger partial charge in [0.25, 0.3) is 0 Å². The van der Waals surface area contributed by atoms with E-state index in [1.807, 2.05) is 17.9 Å². The number of rotatable bonds is 6. The Hall–Kier alpha value is -0.870. The fourth-order valence-electron chi connectivity index (χ4n) is 2.10. The first-order valence-electron chi connectivity index (χ1n) is 6.50. The topological polar surface area (TPSA) is 49.6 Å². The van der Waals surface area contributed by atoms with Crippen LogP contribution >= 0.6 is 0 Å². The molecule has 0 saturated carbocycles. The average molecular weight is 239 g/mol. The Labute approximate surface area is 104 Å². The van der Waals surface area contributed by atoms with Crippen LogP contribution in [0.2, 0.25) is 0 Å². The minimum absolute atomic E-state index is 0.201. The first-order valence-corrected chi connectivity index (χ1v) is 6.50. The summed E-state index contributed by atoms with van der Waals surface area (Å²) < 4.78 is 0. The zero-order chi connectivity index (χ0) is 12.7. The molecule has 1 amide bonds. The van der Waals surface area contributed by atoms with E-state index in [9.17, 15) is 4.79 Å². The first kappa shape index (κ1) is 14.2. The molecule has 4 heteroatoms. The minimum Gasteiger partial charge on any atom is -0.340 e. The summed E-state index contributed by atoms with van der Waals surface area (Å²) in [6.45, 7) is 10.3. The predicted octanol–water partition coefficient (Wildman–Crippen LogP) is 0.834. The van der Waals surface area contributed by atoms with Crippen molar-refractivity contribution in [3.05, 3.63) is 12.7 Å². The lowest BCUT2D eigenvalue weighted by molar-refractivity contribution is -0.133. The molecule has 1 saturated heterocycles. The second-order valence-corrected chi connectivity index (χ2v) is 4.84. The predicted molar refractivity (Wildman–Crippen MR) is 70.7 cm³/mol. The lowest BCUT2D eigenvalue weighted by Gasteiger charge is -2.34. The van der Waals surface area contributed by atoms with Gasteiger partial charge in [0.15, 0.2) is 0 Å². The SMILES string of the molecule is C=CCN1CCN(C(=O)CCCC(C)N)CC1. The molecular formula is C13H25N3O. The van der Waals surface area contributed by atoms with Crippen LogP contribution in [0.1, 0.15) is 26.2 Å². The molecule has 0 aromatic heterocycles. The third kappa shape index (κ3) is 5.33. The van der Waals surface area contributed by atoms with Crippen LogP contribution in [-0.4, -0.2) is 54.5 Å². The number of nitrogens with zero attached hydrogens (tertiary/aromatic N) is 2. The Morgan fingerprint density at radius 2 is 2.06 bits per heavy atom. The molecule has 98 valence electrons. The molecule has 0 aromatic carbocycles. The summed E-state index contributed by atoms with van der Waals surface area (Å²) in [7, 11) is 0. The monoisotopic (exact) mass is 239 g/mol. The van der Waals surface area contributed by atoms with Crippen LogP contribution < -0.4 is 5.73 Å². The molecule has 4 nitrogen and oxygen atoms in total. The number of hydrogen-bond acceptors (Lipinski definition) is 3. The van der Waals surface area contributed by atoms with Gasteiger partial charge in [-0.1, -0.05) is 6.08 Å². The van der Waals surface area contributed by atoms with Crippen molar-refractivity contribution >= 4 is 5.91 Å². The van der Waals surface area contributed by atoms with Gasteiger partial charge >= 0.3 is 0 Å². The molecule has 0 aromatic rings. The normalized spacial score (nSPS) is 19.1. The van der Waals surface area contributed by atoms with Gasteiger partial charge in [-0.15, -0.1) is 6.58 Å². The zero-order valence-electron chi connectivity index (χ0n) is 10.9. The fraction of sp³-hybridized carbons (Fsp3) is 0.769. The van der Waals surface area contributed by atoms with Gasteiger partial charge in [-0.25, -0.2) is 0 Å². The summed E-state index contributed by atoms with van der Waals surface area (Å²) in [6.07, 6.45) is 4.40. The Morgan fingerprint density at radius 3 is 2.59 bits per heavy atom. The van der Waals surface area contributed by atoms with Crippen molar-refractivity contribution in [1.29, 1.82) is 0 Å². The summed E-state index contributed by atoms with van der Waals surface area (Å²) >= 11 is 0. The van der Waals surface area contributed by atoms with E-state index >= 15 is 0 Å². The van der Waals surface area contributed by atoms with Crippen LogP contribution in [0.15, 0.2) is 12.7 Å². The lowest BCUT2D eigenvalue weighted by Crippen LogP contribution is -2.48. The average Bonchev–Trinajstić information content (AvgIpc) is 2.30. The maximum Gasteiger partial charge on any atom is 0.222 e. The lowest BCUT2D eigenvalue weighted by atomic mass is 10.1. The smallest absolute Gasteiger partial charge is 0.222 e. The molecule has 1 rings (SSSR count). The Balaban J connectivity index is 2.19. The summed E-state index contributed by atoms with van der Waals surface area (Å²) in [4.78, 5) is 16.2. The maximum atomic E-state index is 11.9.